The van der Waals surface area contributed by atoms with Gasteiger partial charge in [0.25, 0.3) is 5.91 Å². The van der Waals surface area contributed by atoms with Crippen molar-refractivity contribution in [2.45, 2.75) is 38.3 Å². The standard InChI is InChI=1S/C19H24N2O2S2/c1-4-21(12-15-8-7-11-24-15)19(23)16-9-5-6-10-17(16)25-13-18(22)20-14(2)3/h5-11,14H,4,12-13H2,1-3H3,(H,20,22). The average molecular weight is 377 g/mol. The summed E-state index contributed by atoms with van der Waals surface area (Å²) in [6, 6.07) is 11.7. The summed E-state index contributed by atoms with van der Waals surface area (Å²) >= 11 is 3.06. The summed E-state index contributed by atoms with van der Waals surface area (Å²) in [5.74, 6) is 0.288. The summed E-state index contributed by atoms with van der Waals surface area (Å²) in [7, 11) is 0. The molecule has 1 N–H and O–H groups in total. The van der Waals surface area contributed by atoms with Crippen molar-refractivity contribution in [2.75, 3.05) is 12.3 Å². The van der Waals surface area contributed by atoms with E-state index < -0.39 is 0 Å². The van der Waals surface area contributed by atoms with Gasteiger partial charge >= 0.3 is 0 Å². The van der Waals surface area contributed by atoms with Gasteiger partial charge in [-0.15, -0.1) is 23.1 Å². The SMILES string of the molecule is CCN(Cc1cccs1)C(=O)c1ccccc1SCC(=O)NC(C)C. The highest BCUT2D eigenvalue weighted by molar-refractivity contribution is 8.00. The number of thiophene rings is 1. The van der Waals surface area contributed by atoms with Gasteiger partial charge in [0, 0.05) is 22.4 Å². The highest BCUT2D eigenvalue weighted by Crippen LogP contribution is 2.24. The summed E-state index contributed by atoms with van der Waals surface area (Å²) in [5.41, 5.74) is 0.656. The second-order valence-corrected chi connectivity index (χ2v) is 7.96. The van der Waals surface area contributed by atoms with Crippen LogP contribution < -0.4 is 5.32 Å². The molecule has 2 aromatic rings. The van der Waals surface area contributed by atoms with E-state index in [4.69, 9.17) is 0 Å². The van der Waals surface area contributed by atoms with E-state index in [2.05, 4.69) is 5.32 Å². The van der Waals surface area contributed by atoms with Gasteiger partial charge in [0.05, 0.1) is 17.9 Å². The lowest BCUT2D eigenvalue weighted by atomic mass is 10.2. The minimum absolute atomic E-state index is 0.00303. The number of amides is 2. The Hall–Kier alpha value is -1.79. The Balaban J connectivity index is 2.09. The van der Waals surface area contributed by atoms with Gasteiger partial charge in [0.15, 0.2) is 0 Å². The normalized spacial score (nSPS) is 10.7. The minimum atomic E-state index is -0.0202. The van der Waals surface area contributed by atoms with Gasteiger partial charge in [-0.3, -0.25) is 9.59 Å². The molecule has 0 aliphatic carbocycles. The number of hydrogen-bond acceptors (Lipinski definition) is 4. The number of hydrogen-bond donors (Lipinski definition) is 1. The molecule has 0 aliphatic rings. The maximum absolute atomic E-state index is 13.0. The summed E-state index contributed by atoms with van der Waals surface area (Å²) < 4.78 is 0. The van der Waals surface area contributed by atoms with E-state index in [-0.39, 0.29) is 17.9 Å². The van der Waals surface area contributed by atoms with Crippen molar-refractivity contribution in [2.24, 2.45) is 0 Å². The zero-order chi connectivity index (χ0) is 18.2. The fourth-order valence-electron chi connectivity index (χ4n) is 2.36. The van der Waals surface area contributed by atoms with Crippen LogP contribution in [0.2, 0.25) is 0 Å². The zero-order valence-corrected chi connectivity index (χ0v) is 16.5. The first kappa shape index (κ1) is 19.5. The lowest BCUT2D eigenvalue weighted by Crippen LogP contribution is -2.32. The van der Waals surface area contributed by atoms with Crippen molar-refractivity contribution < 1.29 is 9.59 Å². The van der Waals surface area contributed by atoms with Gasteiger partial charge < -0.3 is 10.2 Å². The van der Waals surface area contributed by atoms with Crippen LogP contribution in [0, 0.1) is 0 Å². The monoisotopic (exact) mass is 376 g/mol. The van der Waals surface area contributed by atoms with Crippen LogP contribution in [0.1, 0.15) is 36.0 Å². The lowest BCUT2D eigenvalue weighted by molar-refractivity contribution is -0.119. The molecule has 134 valence electrons. The molecule has 1 aromatic heterocycles. The fourth-order valence-corrected chi connectivity index (χ4v) is 3.94. The first-order valence-corrected chi connectivity index (χ1v) is 10.2. The third-order valence-corrected chi connectivity index (χ3v) is 5.46. The van der Waals surface area contributed by atoms with Crippen molar-refractivity contribution in [1.29, 1.82) is 0 Å². The molecule has 2 rings (SSSR count). The van der Waals surface area contributed by atoms with Crippen molar-refractivity contribution >= 4 is 34.9 Å². The van der Waals surface area contributed by atoms with E-state index in [9.17, 15) is 9.59 Å². The molecule has 4 nitrogen and oxygen atoms in total. The van der Waals surface area contributed by atoms with E-state index in [0.29, 0.717) is 24.4 Å². The Labute approximate surface area is 157 Å². The largest absolute Gasteiger partial charge is 0.353 e. The van der Waals surface area contributed by atoms with E-state index in [1.54, 1.807) is 11.3 Å². The smallest absolute Gasteiger partial charge is 0.255 e. The molecule has 1 heterocycles. The molecule has 2 amide bonds. The molecule has 0 spiro atoms. The van der Waals surface area contributed by atoms with Gasteiger partial charge in [0.2, 0.25) is 5.91 Å². The summed E-state index contributed by atoms with van der Waals surface area (Å²) in [6.45, 7) is 7.11. The molecule has 0 saturated heterocycles. The van der Waals surface area contributed by atoms with Gasteiger partial charge in [-0.2, -0.15) is 0 Å². The molecule has 0 saturated carbocycles. The molecular formula is C19H24N2O2S2. The molecule has 1 aromatic carbocycles. The minimum Gasteiger partial charge on any atom is -0.353 e. The average Bonchev–Trinajstić information content (AvgIpc) is 3.10. The van der Waals surface area contributed by atoms with Crippen molar-refractivity contribution in [3.63, 3.8) is 0 Å². The molecule has 0 radical (unpaired) electrons. The highest BCUT2D eigenvalue weighted by Gasteiger charge is 2.19. The van der Waals surface area contributed by atoms with E-state index in [1.807, 2.05) is 67.4 Å². The topological polar surface area (TPSA) is 49.4 Å². The Morgan fingerprint density at radius 1 is 1.20 bits per heavy atom. The summed E-state index contributed by atoms with van der Waals surface area (Å²) in [5, 5.41) is 4.89. The third-order valence-electron chi connectivity index (χ3n) is 3.52. The summed E-state index contributed by atoms with van der Waals surface area (Å²) in [6.07, 6.45) is 0. The van der Waals surface area contributed by atoms with Gasteiger partial charge in [0.1, 0.15) is 0 Å². The predicted octanol–water partition coefficient (Wildman–Crippen LogP) is 4.03. The molecule has 25 heavy (non-hydrogen) atoms. The summed E-state index contributed by atoms with van der Waals surface area (Å²) in [4.78, 5) is 28.7. The highest BCUT2D eigenvalue weighted by atomic mass is 32.2. The quantitative estimate of drug-likeness (QED) is 0.708. The molecule has 0 unspecified atom stereocenters. The fraction of sp³-hybridized carbons (Fsp3) is 0.368. The van der Waals surface area contributed by atoms with Crippen LogP contribution in [0.5, 0.6) is 0 Å². The molecular weight excluding hydrogens is 352 g/mol. The van der Waals surface area contributed by atoms with Crippen LogP contribution in [-0.4, -0.2) is 35.1 Å². The second kappa shape index (κ2) is 9.63. The first-order chi connectivity index (χ1) is 12.0. The number of carbonyl (C=O) groups excluding carboxylic acids is 2. The van der Waals surface area contributed by atoms with Crippen LogP contribution in [-0.2, 0) is 11.3 Å². The maximum Gasteiger partial charge on any atom is 0.255 e. The van der Waals surface area contributed by atoms with Crippen LogP contribution in [0.4, 0.5) is 0 Å². The Morgan fingerprint density at radius 2 is 1.96 bits per heavy atom. The molecule has 0 atom stereocenters. The Bertz CT molecular complexity index is 699. The third kappa shape index (κ3) is 5.90. The molecule has 0 aliphatic heterocycles. The van der Waals surface area contributed by atoms with Crippen molar-refractivity contribution in [3.8, 4) is 0 Å². The number of carbonyl (C=O) groups is 2. The number of thioether (sulfide) groups is 1. The van der Waals surface area contributed by atoms with E-state index >= 15 is 0 Å². The molecule has 0 fully saturated rings. The Morgan fingerprint density at radius 3 is 2.60 bits per heavy atom. The van der Waals surface area contributed by atoms with Crippen LogP contribution in [0.25, 0.3) is 0 Å². The maximum atomic E-state index is 13.0. The Kier molecular flexibility index (Phi) is 7.52. The molecule has 0 bridgehead atoms. The van der Waals surface area contributed by atoms with Crippen LogP contribution in [0.15, 0.2) is 46.7 Å². The number of nitrogens with zero attached hydrogens (tertiary/aromatic N) is 1. The van der Waals surface area contributed by atoms with Crippen molar-refractivity contribution in [1.82, 2.24) is 10.2 Å². The predicted molar refractivity (Wildman–Crippen MR) is 105 cm³/mol. The van der Waals surface area contributed by atoms with Gasteiger partial charge in [-0.1, -0.05) is 18.2 Å². The number of rotatable bonds is 8. The number of benzene rings is 1. The molecule has 6 heteroatoms. The lowest BCUT2D eigenvalue weighted by Gasteiger charge is -2.21. The first-order valence-electron chi connectivity index (χ1n) is 8.34. The van der Waals surface area contributed by atoms with Crippen LogP contribution >= 0.6 is 23.1 Å². The zero-order valence-electron chi connectivity index (χ0n) is 14.8. The number of nitrogens with one attached hydrogen (secondary N) is 1. The van der Waals surface area contributed by atoms with E-state index in [1.165, 1.54) is 11.8 Å². The second-order valence-electron chi connectivity index (χ2n) is 5.91. The van der Waals surface area contributed by atoms with Gasteiger partial charge in [-0.25, -0.2) is 0 Å². The van der Waals surface area contributed by atoms with E-state index in [0.717, 1.165) is 9.77 Å². The van der Waals surface area contributed by atoms with Gasteiger partial charge in [-0.05, 0) is 44.4 Å². The van der Waals surface area contributed by atoms with Crippen molar-refractivity contribution in [3.05, 3.63) is 52.2 Å². The van der Waals surface area contributed by atoms with Crippen LogP contribution in [0.3, 0.4) is 0 Å².